The highest BCUT2D eigenvalue weighted by atomic mass is 16.5. The fraction of sp³-hybridized carbons (Fsp3) is 0.647. The van der Waals surface area contributed by atoms with Crippen molar-refractivity contribution < 1.29 is 9.47 Å². The maximum atomic E-state index is 5.87. The molecular formula is C17H25NO2. The minimum absolute atomic E-state index is 0.447. The number of rotatable bonds is 7. The Balaban J connectivity index is 1.39. The molecule has 0 aliphatic heterocycles. The molecule has 1 aromatic rings. The summed E-state index contributed by atoms with van der Waals surface area (Å²) in [6.45, 7) is 4.59. The zero-order chi connectivity index (χ0) is 13.8. The lowest BCUT2D eigenvalue weighted by Gasteiger charge is -2.61. The average molecular weight is 275 g/mol. The molecule has 0 heterocycles. The molecule has 3 rings (SSSR count). The molecule has 1 aromatic carbocycles. The zero-order valence-corrected chi connectivity index (χ0v) is 12.3. The third kappa shape index (κ3) is 2.57. The van der Waals surface area contributed by atoms with Crippen molar-refractivity contribution in [2.45, 2.75) is 44.8 Å². The van der Waals surface area contributed by atoms with E-state index >= 15 is 0 Å². The first-order valence-electron chi connectivity index (χ1n) is 7.88. The standard InChI is InChI=1S/C17H25NO2/c1-2-19-16-13-15(17(16)9-6-10-17)18-11-12-20-14-7-4-3-5-8-14/h3-5,7-8,15-16,18H,2,6,9-13H2,1H3. The molecule has 0 saturated heterocycles. The van der Waals surface area contributed by atoms with E-state index in [1.807, 2.05) is 30.3 Å². The van der Waals surface area contributed by atoms with Crippen LogP contribution in [0.5, 0.6) is 5.75 Å². The Morgan fingerprint density at radius 1 is 1.25 bits per heavy atom. The van der Waals surface area contributed by atoms with Crippen molar-refractivity contribution in [2.24, 2.45) is 5.41 Å². The lowest BCUT2D eigenvalue weighted by molar-refractivity contribution is -0.172. The minimum atomic E-state index is 0.447. The molecule has 3 nitrogen and oxygen atoms in total. The molecule has 110 valence electrons. The number of nitrogens with one attached hydrogen (secondary N) is 1. The molecule has 2 fully saturated rings. The molecule has 20 heavy (non-hydrogen) atoms. The SMILES string of the molecule is CCOC1CC(NCCOc2ccccc2)C12CCC2. The Hall–Kier alpha value is -1.06. The second-order valence-electron chi connectivity index (χ2n) is 5.93. The van der Waals surface area contributed by atoms with Gasteiger partial charge in [-0.05, 0) is 38.3 Å². The smallest absolute Gasteiger partial charge is 0.119 e. The predicted octanol–water partition coefficient (Wildman–Crippen LogP) is 3.00. The van der Waals surface area contributed by atoms with Gasteiger partial charge < -0.3 is 14.8 Å². The van der Waals surface area contributed by atoms with E-state index in [9.17, 15) is 0 Å². The van der Waals surface area contributed by atoms with Gasteiger partial charge in [0.2, 0.25) is 0 Å². The van der Waals surface area contributed by atoms with Crippen LogP contribution < -0.4 is 10.1 Å². The van der Waals surface area contributed by atoms with E-state index in [4.69, 9.17) is 9.47 Å². The van der Waals surface area contributed by atoms with Gasteiger partial charge in [-0.25, -0.2) is 0 Å². The van der Waals surface area contributed by atoms with Crippen molar-refractivity contribution in [2.75, 3.05) is 19.8 Å². The first kappa shape index (κ1) is 13.9. The molecule has 0 bridgehead atoms. The van der Waals surface area contributed by atoms with Crippen molar-refractivity contribution >= 4 is 0 Å². The van der Waals surface area contributed by atoms with Crippen LogP contribution in [0.4, 0.5) is 0 Å². The molecule has 3 heteroatoms. The van der Waals surface area contributed by atoms with Crippen molar-refractivity contribution in [3.8, 4) is 5.75 Å². The maximum Gasteiger partial charge on any atom is 0.119 e. The highest BCUT2D eigenvalue weighted by Gasteiger charge is 2.58. The fourth-order valence-electron chi connectivity index (χ4n) is 3.64. The minimum Gasteiger partial charge on any atom is -0.492 e. The summed E-state index contributed by atoms with van der Waals surface area (Å²) in [5.74, 6) is 0.952. The fourth-order valence-corrected chi connectivity index (χ4v) is 3.64. The summed E-state index contributed by atoms with van der Waals surface area (Å²) < 4.78 is 11.6. The van der Waals surface area contributed by atoms with E-state index in [0.29, 0.717) is 17.6 Å². The lowest BCUT2D eigenvalue weighted by atomic mass is 9.51. The molecule has 0 amide bonds. The summed E-state index contributed by atoms with van der Waals surface area (Å²) in [7, 11) is 0. The Bertz CT molecular complexity index is 416. The third-order valence-electron chi connectivity index (χ3n) is 4.94. The molecule has 0 aromatic heterocycles. The predicted molar refractivity (Wildman–Crippen MR) is 80.0 cm³/mol. The van der Waals surface area contributed by atoms with Crippen LogP contribution >= 0.6 is 0 Å². The highest BCUT2D eigenvalue weighted by molar-refractivity contribution is 5.20. The molecular weight excluding hydrogens is 250 g/mol. The van der Waals surface area contributed by atoms with Gasteiger partial charge in [-0.3, -0.25) is 0 Å². The Kier molecular flexibility index (Phi) is 4.27. The monoisotopic (exact) mass is 275 g/mol. The molecule has 2 unspecified atom stereocenters. The van der Waals surface area contributed by atoms with E-state index in [2.05, 4.69) is 12.2 Å². The van der Waals surface area contributed by atoms with E-state index in [0.717, 1.165) is 25.5 Å². The average Bonchev–Trinajstić information content (AvgIpc) is 2.40. The second kappa shape index (κ2) is 6.15. The van der Waals surface area contributed by atoms with Gasteiger partial charge in [-0.1, -0.05) is 24.6 Å². The summed E-state index contributed by atoms with van der Waals surface area (Å²) >= 11 is 0. The quantitative estimate of drug-likeness (QED) is 0.776. The van der Waals surface area contributed by atoms with Crippen LogP contribution in [-0.4, -0.2) is 31.9 Å². The van der Waals surface area contributed by atoms with Crippen molar-refractivity contribution in [1.29, 1.82) is 0 Å². The van der Waals surface area contributed by atoms with E-state index in [1.54, 1.807) is 0 Å². The first-order chi connectivity index (χ1) is 9.85. The third-order valence-corrected chi connectivity index (χ3v) is 4.94. The topological polar surface area (TPSA) is 30.5 Å². The lowest BCUT2D eigenvalue weighted by Crippen LogP contribution is -2.67. The van der Waals surface area contributed by atoms with Crippen LogP contribution in [0.3, 0.4) is 0 Å². The molecule has 2 aliphatic rings. The van der Waals surface area contributed by atoms with Crippen molar-refractivity contribution in [3.05, 3.63) is 30.3 Å². The molecule has 2 atom stereocenters. The number of hydrogen-bond donors (Lipinski definition) is 1. The molecule has 0 radical (unpaired) electrons. The summed E-state index contributed by atoms with van der Waals surface area (Å²) in [6.07, 6.45) is 5.68. The summed E-state index contributed by atoms with van der Waals surface area (Å²) in [5, 5.41) is 3.67. The van der Waals surface area contributed by atoms with E-state index in [1.165, 1.54) is 25.7 Å². The number of hydrogen-bond acceptors (Lipinski definition) is 3. The van der Waals surface area contributed by atoms with E-state index < -0.39 is 0 Å². The van der Waals surface area contributed by atoms with Crippen molar-refractivity contribution in [1.82, 2.24) is 5.32 Å². The van der Waals surface area contributed by atoms with Gasteiger partial charge in [0, 0.05) is 24.6 Å². The largest absolute Gasteiger partial charge is 0.492 e. The Labute approximate surface area is 121 Å². The Morgan fingerprint density at radius 2 is 2.05 bits per heavy atom. The zero-order valence-electron chi connectivity index (χ0n) is 12.3. The summed E-state index contributed by atoms with van der Waals surface area (Å²) in [4.78, 5) is 0. The van der Waals surface area contributed by atoms with Gasteiger partial charge in [-0.2, -0.15) is 0 Å². The summed E-state index contributed by atoms with van der Waals surface area (Å²) in [6, 6.07) is 10.7. The van der Waals surface area contributed by atoms with Crippen LogP contribution in [0, 0.1) is 5.41 Å². The van der Waals surface area contributed by atoms with Gasteiger partial charge >= 0.3 is 0 Å². The number of para-hydroxylation sites is 1. The van der Waals surface area contributed by atoms with Crippen LogP contribution in [-0.2, 0) is 4.74 Å². The van der Waals surface area contributed by atoms with Gasteiger partial charge in [0.15, 0.2) is 0 Å². The van der Waals surface area contributed by atoms with Gasteiger partial charge in [0.25, 0.3) is 0 Å². The van der Waals surface area contributed by atoms with E-state index in [-0.39, 0.29) is 0 Å². The van der Waals surface area contributed by atoms with Crippen molar-refractivity contribution in [3.63, 3.8) is 0 Å². The van der Waals surface area contributed by atoms with Gasteiger partial charge in [0.05, 0.1) is 6.10 Å². The number of benzene rings is 1. The van der Waals surface area contributed by atoms with Crippen LogP contribution in [0.2, 0.25) is 0 Å². The molecule has 2 aliphatic carbocycles. The van der Waals surface area contributed by atoms with Crippen LogP contribution in [0.25, 0.3) is 0 Å². The van der Waals surface area contributed by atoms with Crippen LogP contribution in [0.1, 0.15) is 32.6 Å². The number of ether oxygens (including phenoxy) is 2. The maximum absolute atomic E-state index is 5.87. The second-order valence-corrected chi connectivity index (χ2v) is 5.93. The van der Waals surface area contributed by atoms with Gasteiger partial charge in [0.1, 0.15) is 12.4 Å². The molecule has 1 N–H and O–H groups in total. The van der Waals surface area contributed by atoms with Gasteiger partial charge in [-0.15, -0.1) is 0 Å². The van der Waals surface area contributed by atoms with Crippen LogP contribution in [0.15, 0.2) is 30.3 Å². The molecule has 1 spiro atoms. The first-order valence-corrected chi connectivity index (χ1v) is 7.88. The molecule has 2 saturated carbocycles. The Morgan fingerprint density at radius 3 is 2.70 bits per heavy atom. The normalized spacial score (nSPS) is 26.9. The highest BCUT2D eigenvalue weighted by Crippen LogP contribution is 2.57. The summed E-state index contributed by atoms with van der Waals surface area (Å²) in [5.41, 5.74) is 0.447.